The molecule has 0 atom stereocenters. The molecule has 0 unspecified atom stereocenters. The van der Waals surface area contributed by atoms with E-state index in [1.54, 1.807) is 16.6 Å². The largest absolute Gasteiger partial charge is 0.416 e. The van der Waals surface area contributed by atoms with Crippen molar-refractivity contribution < 1.29 is 21.6 Å². The molecule has 1 fully saturated rings. The third-order valence-electron chi connectivity index (χ3n) is 4.99. The molecule has 0 radical (unpaired) electrons. The molecule has 1 saturated heterocycles. The fraction of sp³-hybridized carbons (Fsp3) is 0.389. The zero-order valence-electron chi connectivity index (χ0n) is 16.0. The van der Waals surface area contributed by atoms with Crippen LogP contribution < -0.4 is 4.90 Å². The lowest BCUT2D eigenvalue weighted by Gasteiger charge is -2.34. The van der Waals surface area contributed by atoms with E-state index in [2.05, 4.69) is 15.3 Å². The zero-order valence-corrected chi connectivity index (χ0v) is 16.9. The molecule has 160 valence electrons. The van der Waals surface area contributed by atoms with E-state index in [0.717, 1.165) is 18.0 Å². The Hall–Kier alpha value is -2.73. The topological polar surface area (TPSA) is 83.7 Å². The second-order valence-corrected chi connectivity index (χ2v) is 8.79. The zero-order chi connectivity index (χ0) is 21.5. The number of aryl methyl sites for hydroxylation is 1. The van der Waals surface area contributed by atoms with Crippen molar-refractivity contribution in [3.63, 3.8) is 0 Å². The van der Waals surface area contributed by atoms with Crippen LogP contribution in [0.1, 0.15) is 18.3 Å². The van der Waals surface area contributed by atoms with Crippen LogP contribution in [-0.2, 0) is 22.6 Å². The van der Waals surface area contributed by atoms with Gasteiger partial charge in [0.25, 0.3) is 0 Å². The Morgan fingerprint density at radius 3 is 2.43 bits per heavy atom. The van der Waals surface area contributed by atoms with Crippen LogP contribution in [0.3, 0.4) is 0 Å². The van der Waals surface area contributed by atoms with E-state index >= 15 is 0 Å². The molecule has 0 saturated carbocycles. The predicted molar refractivity (Wildman–Crippen MR) is 103 cm³/mol. The summed E-state index contributed by atoms with van der Waals surface area (Å²) < 4.78 is 67.4. The fourth-order valence-corrected chi connectivity index (χ4v) is 4.82. The first-order valence-electron chi connectivity index (χ1n) is 9.34. The normalized spacial score (nSPS) is 16.3. The van der Waals surface area contributed by atoms with Crippen molar-refractivity contribution >= 4 is 21.5 Å². The van der Waals surface area contributed by atoms with E-state index in [1.165, 1.54) is 10.4 Å². The van der Waals surface area contributed by atoms with Gasteiger partial charge in [-0.25, -0.2) is 8.42 Å². The highest BCUT2D eigenvalue weighted by molar-refractivity contribution is 7.89. The fourth-order valence-electron chi connectivity index (χ4n) is 3.35. The quantitative estimate of drug-likeness (QED) is 0.619. The highest BCUT2D eigenvalue weighted by Gasteiger charge is 2.34. The summed E-state index contributed by atoms with van der Waals surface area (Å²) in [7, 11) is -4.03. The summed E-state index contributed by atoms with van der Waals surface area (Å²) in [6.45, 7) is 2.95. The molecule has 1 aliphatic heterocycles. The maximum absolute atomic E-state index is 12.9. The predicted octanol–water partition coefficient (Wildman–Crippen LogP) is 2.22. The van der Waals surface area contributed by atoms with Crippen molar-refractivity contribution in [3.8, 4) is 0 Å². The Kier molecular flexibility index (Phi) is 5.14. The lowest BCUT2D eigenvalue weighted by atomic mass is 10.2. The minimum absolute atomic E-state index is 0.140. The number of fused-ring (bicyclic) bond motifs is 1. The molecule has 0 spiro atoms. The van der Waals surface area contributed by atoms with E-state index in [1.807, 2.05) is 11.8 Å². The number of aromatic nitrogens is 4. The molecular formula is C18H19F3N6O2S. The Morgan fingerprint density at radius 1 is 1.03 bits per heavy atom. The summed E-state index contributed by atoms with van der Waals surface area (Å²) in [5, 5.41) is 12.6. The third-order valence-corrected chi connectivity index (χ3v) is 6.89. The van der Waals surface area contributed by atoms with E-state index in [0.29, 0.717) is 37.0 Å². The van der Waals surface area contributed by atoms with E-state index in [9.17, 15) is 21.6 Å². The molecule has 8 nitrogen and oxygen atoms in total. The highest BCUT2D eigenvalue weighted by Crippen LogP contribution is 2.31. The molecule has 0 aliphatic carbocycles. The number of rotatable bonds is 4. The summed E-state index contributed by atoms with van der Waals surface area (Å²) in [6.07, 6.45) is -3.94. The van der Waals surface area contributed by atoms with Gasteiger partial charge < -0.3 is 4.90 Å². The van der Waals surface area contributed by atoms with Gasteiger partial charge in [0.2, 0.25) is 10.0 Å². The van der Waals surface area contributed by atoms with Crippen molar-refractivity contribution in [2.45, 2.75) is 24.4 Å². The standard InChI is InChI=1S/C18H19F3N6O2S/c1-2-15-22-23-16-6-7-17(24-27(15)16)25-8-10-26(11-9-25)30(28,29)14-5-3-4-13(12-14)18(19,20)21/h3-7,12H,2,8-11H2,1H3. The second-order valence-electron chi connectivity index (χ2n) is 6.85. The number of hydrogen-bond acceptors (Lipinski definition) is 6. The van der Waals surface area contributed by atoms with Gasteiger partial charge in [-0.2, -0.15) is 22.0 Å². The average Bonchev–Trinajstić information content (AvgIpc) is 3.15. The lowest BCUT2D eigenvalue weighted by molar-refractivity contribution is -0.137. The van der Waals surface area contributed by atoms with E-state index in [4.69, 9.17) is 0 Å². The van der Waals surface area contributed by atoms with Gasteiger partial charge in [-0.05, 0) is 30.3 Å². The molecule has 3 heterocycles. The number of alkyl halides is 3. The number of halogens is 3. The van der Waals surface area contributed by atoms with Crippen molar-refractivity contribution in [1.82, 2.24) is 24.1 Å². The number of sulfonamides is 1. The third kappa shape index (κ3) is 3.72. The van der Waals surface area contributed by atoms with Gasteiger partial charge in [-0.3, -0.25) is 0 Å². The molecule has 1 aliphatic rings. The van der Waals surface area contributed by atoms with Gasteiger partial charge in [0.15, 0.2) is 11.5 Å². The van der Waals surface area contributed by atoms with Crippen molar-refractivity contribution in [2.24, 2.45) is 0 Å². The highest BCUT2D eigenvalue weighted by atomic mass is 32.2. The van der Waals surface area contributed by atoms with Crippen LogP contribution in [0.4, 0.5) is 19.0 Å². The van der Waals surface area contributed by atoms with Crippen molar-refractivity contribution in [2.75, 3.05) is 31.1 Å². The molecule has 12 heteroatoms. The van der Waals surface area contributed by atoms with Crippen LogP contribution in [0.15, 0.2) is 41.3 Å². The van der Waals surface area contributed by atoms with Gasteiger partial charge in [-0.15, -0.1) is 15.3 Å². The Labute approximate surface area is 171 Å². The first-order chi connectivity index (χ1) is 14.2. The molecule has 1 aromatic carbocycles. The Balaban J connectivity index is 1.52. The molecule has 3 aromatic rings. The van der Waals surface area contributed by atoms with Gasteiger partial charge in [0.1, 0.15) is 5.82 Å². The maximum atomic E-state index is 12.9. The van der Waals surface area contributed by atoms with Gasteiger partial charge in [-0.1, -0.05) is 13.0 Å². The number of hydrogen-bond donors (Lipinski definition) is 0. The van der Waals surface area contributed by atoms with Gasteiger partial charge >= 0.3 is 6.18 Å². The summed E-state index contributed by atoms with van der Waals surface area (Å²) in [5.41, 5.74) is -0.359. The second kappa shape index (κ2) is 7.51. The summed E-state index contributed by atoms with van der Waals surface area (Å²) in [4.78, 5) is 1.57. The summed E-state index contributed by atoms with van der Waals surface area (Å²) >= 11 is 0. The minimum atomic E-state index is -4.60. The van der Waals surface area contributed by atoms with Gasteiger partial charge in [0.05, 0.1) is 10.5 Å². The first-order valence-corrected chi connectivity index (χ1v) is 10.8. The smallest absolute Gasteiger partial charge is 0.353 e. The van der Waals surface area contributed by atoms with Crippen LogP contribution in [-0.4, -0.2) is 58.7 Å². The van der Waals surface area contributed by atoms with Gasteiger partial charge in [0, 0.05) is 32.6 Å². The molecule has 0 bridgehead atoms. The van der Waals surface area contributed by atoms with Crippen LogP contribution >= 0.6 is 0 Å². The van der Waals surface area contributed by atoms with Crippen molar-refractivity contribution in [3.05, 3.63) is 47.8 Å². The molecular weight excluding hydrogens is 421 g/mol. The molecule has 4 rings (SSSR count). The first kappa shape index (κ1) is 20.5. The molecule has 0 N–H and O–H groups in total. The van der Waals surface area contributed by atoms with E-state index in [-0.39, 0.29) is 18.0 Å². The van der Waals surface area contributed by atoms with Crippen LogP contribution in [0.5, 0.6) is 0 Å². The van der Waals surface area contributed by atoms with Crippen LogP contribution in [0.25, 0.3) is 5.65 Å². The average molecular weight is 440 g/mol. The monoisotopic (exact) mass is 440 g/mol. The molecule has 0 amide bonds. The number of nitrogens with zero attached hydrogens (tertiary/aromatic N) is 6. The Bertz CT molecular complexity index is 1170. The maximum Gasteiger partial charge on any atom is 0.416 e. The number of benzene rings is 1. The van der Waals surface area contributed by atoms with Crippen LogP contribution in [0, 0.1) is 0 Å². The lowest BCUT2D eigenvalue weighted by Crippen LogP contribution is -2.49. The number of anilines is 1. The van der Waals surface area contributed by atoms with E-state index < -0.39 is 21.8 Å². The number of piperazine rings is 1. The summed E-state index contributed by atoms with van der Waals surface area (Å²) in [6, 6.07) is 7.41. The minimum Gasteiger partial charge on any atom is -0.353 e. The van der Waals surface area contributed by atoms with Crippen molar-refractivity contribution in [1.29, 1.82) is 0 Å². The van der Waals surface area contributed by atoms with Crippen LogP contribution in [0.2, 0.25) is 0 Å². The molecule has 30 heavy (non-hydrogen) atoms. The summed E-state index contributed by atoms with van der Waals surface area (Å²) in [5.74, 6) is 1.38. The SMILES string of the molecule is CCc1nnc2ccc(N3CCN(S(=O)(=O)c4cccc(C(F)(F)F)c4)CC3)nn12. The molecule has 2 aromatic heterocycles. The Morgan fingerprint density at radius 2 is 1.77 bits per heavy atom.